The molecule has 1 aliphatic rings. The lowest BCUT2D eigenvalue weighted by atomic mass is 10.2. The van der Waals surface area contributed by atoms with Gasteiger partial charge in [0.25, 0.3) is 5.56 Å². The van der Waals surface area contributed by atoms with Crippen LogP contribution >= 0.6 is 12.4 Å². The van der Waals surface area contributed by atoms with Crippen LogP contribution in [-0.2, 0) is 11.8 Å². The molecule has 1 aliphatic carbocycles. The Labute approximate surface area is 118 Å². The van der Waals surface area contributed by atoms with E-state index in [1.165, 1.54) is 17.4 Å². The van der Waals surface area contributed by atoms with E-state index < -0.39 is 0 Å². The predicted octanol–water partition coefficient (Wildman–Crippen LogP) is 1.05. The highest BCUT2D eigenvalue weighted by Gasteiger charge is 2.20. The Morgan fingerprint density at radius 1 is 1.47 bits per heavy atom. The maximum absolute atomic E-state index is 11.8. The number of aromatic nitrogens is 1. The van der Waals surface area contributed by atoms with Gasteiger partial charge in [-0.05, 0) is 43.9 Å². The second-order valence-electron chi connectivity index (χ2n) is 4.91. The molecular weight excluding hydrogens is 266 g/mol. The zero-order valence-corrected chi connectivity index (χ0v) is 12.0. The summed E-state index contributed by atoms with van der Waals surface area (Å²) >= 11 is 0. The smallest absolute Gasteiger partial charge is 0.274 e. The highest BCUT2D eigenvalue weighted by Crippen LogP contribution is 2.27. The van der Waals surface area contributed by atoms with Crippen LogP contribution in [0.3, 0.4) is 0 Å². The second-order valence-corrected chi connectivity index (χ2v) is 4.91. The summed E-state index contributed by atoms with van der Waals surface area (Å²) < 4.78 is 1.46. The molecule has 1 aromatic heterocycles. The molecule has 5 nitrogen and oxygen atoms in total. The Hall–Kier alpha value is -1.33. The number of pyridine rings is 1. The summed E-state index contributed by atoms with van der Waals surface area (Å²) in [4.78, 5) is 23.6. The number of nitrogens with zero attached hydrogens (tertiary/aromatic N) is 1. The van der Waals surface area contributed by atoms with Gasteiger partial charge in [0.2, 0.25) is 5.91 Å². The molecule has 0 radical (unpaired) electrons. The molecule has 2 N–H and O–H groups in total. The lowest BCUT2D eigenvalue weighted by Gasteiger charge is -2.09. The Kier molecular flexibility index (Phi) is 5.57. The first-order valence-electron chi connectivity index (χ1n) is 6.24. The number of carbonyl (C=O) groups is 1. The summed E-state index contributed by atoms with van der Waals surface area (Å²) in [6.45, 7) is 2.96. The van der Waals surface area contributed by atoms with E-state index in [1.807, 2.05) is 13.0 Å². The van der Waals surface area contributed by atoms with Crippen LogP contribution in [0.2, 0.25) is 0 Å². The van der Waals surface area contributed by atoms with Crippen LogP contribution in [0.4, 0.5) is 5.69 Å². The number of halogens is 1. The van der Waals surface area contributed by atoms with Crippen molar-refractivity contribution < 1.29 is 4.79 Å². The minimum Gasteiger partial charge on any atom is -0.320 e. The molecule has 1 amide bonds. The number of nitrogens with one attached hydrogen (secondary N) is 2. The van der Waals surface area contributed by atoms with Crippen molar-refractivity contribution in [3.8, 4) is 0 Å². The average molecular weight is 286 g/mol. The lowest BCUT2D eigenvalue weighted by molar-refractivity contribution is -0.115. The molecule has 6 heteroatoms. The first kappa shape index (κ1) is 15.7. The van der Waals surface area contributed by atoms with Crippen molar-refractivity contribution in [2.75, 3.05) is 18.4 Å². The van der Waals surface area contributed by atoms with Crippen molar-refractivity contribution in [1.29, 1.82) is 0 Å². The lowest BCUT2D eigenvalue weighted by Crippen LogP contribution is -2.32. The van der Waals surface area contributed by atoms with Crippen molar-refractivity contribution in [3.05, 3.63) is 28.2 Å². The van der Waals surface area contributed by atoms with E-state index in [1.54, 1.807) is 13.2 Å². The van der Waals surface area contributed by atoms with Crippen LogP contribution in [-0.4, -0.2) is 23.6 Å². The Morgan fingerprint density at radius 3 is 2.79 bits per heavy atom. The minimum absolute atomic E-state index is 0. The Balaban J connectivity index is 0.00000180. The van der Waals surface area contributed by atoms with Gasteiger partial charge in [-0.3, -0.25) is 9.59 Å². The van der Waals surface area contributed by atoms with Crippen molar-refractivity contribution >= 4 is 24.0 Å². The van der Waals surface area contributed by atoms with Gasteiger partial charge in [-0.25, -0.2) is 0 Å². The van der Waals surface area contributed by atoms with Crippen LogP contribution in [0.15, 0.2) is 17.1 Å². The highest BCUT2D eigenvalue weighted by atomic mass is 35.5. The van der Waals surface area contributed by atoms with Crippen molar-refractivity contribution in [2.45, 2.75) is 19.8 Å². The number of amides is 1. The Morgan fingerprint density at radius 2 is 2.16 bits per heavy atom. The molecule has 106 valence electrons. The molecule has 1 fully saturated rings. The van der Waals surface area contributed by atoms with E-state index in [2.05, 4.69) is 10.6 Å². The topological polar surface area (TPSA) is 63.1 Å². The molecule has 0 atom stereocenters. The zero-order chi connectivity index (χ0) is 13.1. The summed E-state index contributed by atoms with van der Waals surface area (Å²) in [5.41, 5.74) is 0.984. The standard InChI is InChI=1S/C13H19N3O2.ClH/c1-9-5-6-16(2)13(18)12(9)15-11(17)8-14-7-10-3-4-10;/h5-6,10,14H,3-4,7-8H2,1-2H3,(H,15,17);1H. The molecule has 0 saturated heterocycles. The van der Waals surface area contributed by atoms with Gasteiger partial charge in [0.1, 0.15) is 5.69 Å². The van der Waals surface area contributed by atoms with Crippen LogP contribution in [0.5, 0.6) is 0 Å². The fourth-order valence-corrected chi connectivity index (χ4v) is 1.77. The first-order chi connectivity index (χ1) is 8.58. The van der Waals surface area contributed by atoms with Gasteiger partial charge in [0.05, 0.1) is 6.54 Å². The molecule has 0 spiro atoms. The number of aryl methyl sites for hydroxylation is 2. The number of rotatable bonds is 5. The quantitative estimate of drug-likeness (QED) is 0.850. The molecule has 1 saturated carbocycles. The third-order valence-electron chi connectivity index (χ3n) is 3.16. The van der Waals surface area contributed by atoms with E-state index >= 15 is 0 Å². The maximum Gasteiger partial charge on any atom is 0.274 e. The molecular formula is C13H20ClN3O2. The normalized spacial score (nSPS) is 13.8. The second kappa shape index (κ2) is 6.73. The minimum atomic E-state index is -0.175. The van der Waals surface area contributed by atoms with Gasteiger partial charge in [-0.1, -0.05) is 0 Å². The fourth-order valence-electron chi connectivity index (χ4n) is 1.77. The molecule has 0 unspecified atom stereocenters. The third-order valence-corrected chi connectivity index (χ3v) is 3.16. The van der Waals surface area contributed by atoms with Crippen molar-refractivity contribution in [1.82, 2.24) is 9.88 Å². The summed E-state index contributed by atoms with van der Waals surface area (Å²) in [5.74, 6) is 0.575. The third kappa shape index (κ3) is 4.36. The predicted molar refractivity (Wildman–Crippen MR) is 77.9 cm³/mol. The Bertz CT molecular complexity index is 509. The molecule has 1 aromatic rings. The van der Waals surface area contributed by atoms with E-state index in [0.717, 1.165) is 18.0 Å². The number of hydrogen-bond donors (Lipinski definition) is 2. The van der Waals surface area contributed by atoms with Gasteiger partial charge < -0.3 is 15.2 Å². The van der Waals surface area contributed by atoms with Crippen LogP contribution in [0.25, 0.3) is 0 Å². The van der Waals surface area contributed by atoms with Crippen molar-refractivity contribution in [3.63, 3.8) is 0 Å². The van der Waals surface area contributed by atoms with Gasteiger partial charge in [0, 0.05) is 13.2 Å². The van der Waals surface area contributed by atoms with Gasteiger partial charge in [0.15, 0.2) is 0 Å². The van der Waals surface area contributed by atoms with Gasteiger partial charge in [-0.15, -0.1) is 12.4 Å². The van der Waals surface area contributed by atoms with E-state index in [0.29, 0.717) is 5.69 Å². The fraction of sp³-hybridized carbons (Fsp3) is 0.538. The molecule has 0 aromatic carbocycles. The maximum atomic E-state index is 11.8. The molecule has 2 rings (SSSR count). The largest absolute Gasteiger partial charge is 0.320 e. The zero-order valence-electron chi connectivity index (χ0n) is 11.2. The highest BCUT2D eigenvalue weighted by molar-refractivity contribution is 5.92. The number of anilines is 1. The average Bonchev–Trinajstić information content (AvgIpc) is 3.14. The summed E-state index contributed by atoms with van der Waals surface area (Å²) in [5, 5.41) is 5.78. The van der Waals surface area contributed by atoms with Gasteiger partial charge in [-0.2, -0.15) is 0 Å². The molecule has 0 bridgehead atoms. The molecule has 19 heavy (non-hydrogen) atoms. The SMILES string of the molecule is Cc1ccn(C)c(=O)c1NC(=O)CNCC1CC1.Cl. The van der Waals surface area contributed by atoms with Crippen molar-refractivity contribution in [2.24, 2.45) is 13.0 Å². The summed E-state index contributed by atoms with van der Waals surface area (Å²) in [6, 6.07) is 1.81. The number of hydrogen-bond acceptors (Lipinski definition) is 3. The van der Waals surface area contributed by atoms with E-state index in [9.17, 15) is 9.59 Å². The summed E-state index contributed by atoms with van der Waals surface area (Å²) in [6.07, 6.45) is 4.21. The molecule has 1 heterocycles. The monoisotopic (exact) mass is 285 g/mol. The van der Waals surface area contributed by atoms with Crippen LogP contribution < -0.4 is 16.2 Å². The number of carbonyl (C=O) groups excluding carboxylic acids is 1. The molecule has 0 aliphatic heterocycles. The first-order valence-corrected chi connectivity index (χ1v) is 6.24. The van der Waals surface area contributed by atoms with Gasteiger partial charge >= 0.3 is 0 Å². The summed E-state index contributed by atoms with van der Waals surface area (Å²) in [7, 11) is 1.67. The van der Waals surface area contributed by atoms with E-state index in [-0.39, 0.29) is 30.4 Å². The van der Waals surface area contributed by atoms with Crippen LogP contribution in [0.1, 0.15) is 18.4 Å². The van der Waals surface area contributed by atoms with Crippen LogP contribution in [0, 0.1) is 12.8 Å². The van der Waals surface area contributed by atoms with E-state index in [4.69, 9.17) is 0 Å².